The van der Waals surface area contributed by atoms with Gasteiger partial charge in [-0.25, -0.2) is 4.98 Å². The first kappa shape index (κ1) is 11.1. The maximum atomic E-state index is 4.66. The minimum Gasteiger partial charge on any atom is -0.352 e. The molecule has 0 bridgehead atoms. The zero-order valence-corrected chi connectivity index (χ0v) is 10.0. The van der Waals surface area contributed by atoms with Crippen molar-refractivity contribution < 1.29 is 0 Å². The summed E-state index contributed by atoms with van der Waals surface area (Å²) in [5.74, 6) is 1.10. The van der Waals surface area contributed by atoms with Crippen molar-refractivity contribution in [2.24, 2.45) is 0 Å². The highest BCUT2D eigenvalue weighted by Crippen LogP contribution is 2.17. The van der Waals surface area contributed by atoms with Gasteiger partial charge in [0.15, 0.2) is 0 Å². The van der Waals surface area contributed by atoms with Gasteiger partial charge in [-0.05, 0) is 32.5 Å². The average molecular weight is 217 g/mol. The number of nitrogens with one attached hydrogen (secondary N) is 1. The van der Waals surface area contributed by atoms with Gasteiger partial charge >= 0.3 is 0 Å². The van der Waals surface area contributed by atoms with Crippen LogP contribution in [0, 0.1) is 0 Å². The Morgan fingerprint density at radius 3 is 3.06 bits per heavy atom. The number of hydrogen-bond acceptors (Lipinski definition) is 3. The molecule has 0 spiro atoms. The lowest BCUT2D eigenvalue weighted by molar-refractivity contribution is 0.755. The molecule has 2 rings (SSSR count). The van der Waals surface area contributed by atoms with E-state index in [0.717, 1.165) is 37.6 Å². The second-order valence-electron chi connectivity index (χ2n) is 4.28. The number of hydrogen-bond donors (Lipinski definition) is 1. The minimum atomic E-state index is 0.830. The van der Waals surface area contributed by atoms with Crippen molar-refractivity contribution in [3.05, 3.63) is 35.5 Å². The Bertz CT molecular complexity index is 385. The molecule has 2 heterocycles. The summed E-state index contributed by atoms with van der Waals surface area (Å²) in [7, 11) is 1.95. The fourth-order valence-corrected chi connectivity index (χ4v) is 2.03. The third kappa shape index (κ3) is 2.61. The molecule has 0 aromatic carbocycles. The first-order valence-electron chi connectivity index (χ1n) is 5.80. The molecule has 1 N–H and O–H groups in total. The summed E-state index contributed by atoms with van der Waals surface area (Å²) in [6, 6.07) is 6.24. The SMILES string of the molecule is CNCc1cccc(N2CCC=C(C)C2)n1. The molecule has 0 unspecified atom stereocenters. The van der Waals surface area contributed by atoms with Crippen LogP contribution in [-0.4, -0.2) is 25.1 Å². The smallest absolute Gasteiger partial charge is 0.129 e. The molecule has 86 valence electrons. The van der Waals surface area contributed by atoms with Crippen LogP contribution in [0.1, 0.15) is 19.0 Å². The standard InChI is InChI=1S/C13H19N3/c1-11-5-4-8-16(10-11)13-7-3-6-12(15-13)9-14-2/h3,5-7,14H,4,8-10H2,1-2H3. The zero-order valence-electron chi connectivity index (χ0n) is 10.0. The van der Waals surface area contributed by atoms with Crippen LogP contribution in [0.2, 0.25) is 0 Å². The van der Waals surface area contributed by atoms with Gasteiger partial charge in [0.05, 0.1) is 5.69 Å². The second kappa shape index (κ2) is 5.12. The van der Waals surface area contributed by atoms with E-state index in [2.05, 4.69) is 46.4 Å². The monoisotopic (exact) mass is 217 g/mol. The molecule has 3 heteroatoms. The van der Waals surface area contributed by atoms with Gasteiger partial charge in [-0.1, -0.05) is 17.7 Å². The third-order valence-electron chi connectivity index (χ3n) is 2.81. The summed E-state index contributed by atoms with van der Waals surface area (Å²) >= 11 is 0. The van der Waals surface area contributed by atoms with Gasteiger partial charge in [-0.3, -0.25) is 0 Å². The minimum absolute atomic E-state index is 0.830. The molecule has 0 radical (unpaired) electrons. The van der Waals surface area contributed by atoms with Crippen LogP contribution in [0.4, 0.5) is 5.82 Å². The van der Waals surface area contributed by atoms with Crippen molar-refractivity contribution in [1.29, 1.82) is 0 Å². The van der Waals surface area contributed by atoms with Crippen LogP contribution in [0.3, 0.4) is 0 Å². The van der Waals surface area contributed by atoms with E-state index in [1.807, 2.05) is 7.05 Å². The van der Waals surface area contributed by atoms with E-state index in [9.17, 15) is 0 Å². The Labute approximate surface area is 97.2 Å². The van der Waals surface area contributed by atoms with Gasteiger partial charge in [-0.15, -0.1) is 0 Å². The highest BCUT2D eigenvalue weighted by atomic mass is 15.2. The van der Waals surface area contributed by atoms with Crippen molar-refractivity contribution in [1.82, 2.24) is 10.3 Å². The fourth-order valence-electron chi connectivity index (χ4n) is 2.03. The van der Waals surface area contributed by atoms with E-state index < -0.39 is 0 Å². The van der Waals surface area contributed by atoms with Crippen molar-refractivity contribution in [3.63, 3.8) is 0 Å². The summed E-state index contributed by atoms with van der Waals surface area (Å²) in [4.78, 5) is 7.00. The predicted octanol–water partition coefficient (Wildman–Crippen LogP) is 1.96. The highest BCUT2D eigenvalue weighted by Gasteiger charge is 2.11. The molecule has 0 aliphatic carbocycles. The summed E-state index contributed by atoms with van der Waals surface area (Å²) in [5.41, 5.74) is 2.54. The number of rotatable bonds is 3. The largest absolute Gasteiger partial charge is 0.352 e. The lowest BCUT2D eigenvalue weighted by Crippen LogP contribution is -2.30. The van der Waals surface area contributed by atoms with Crippen LogP contribution < -0.4 is 10.2 Å². The molecule has 0 saturated heterocycles. The number of anilines is 1. The fraction of sp³-hybridized carbons (Fsp3) is 0.462. The van der Waals surface area contributed by atoms with Gasteiger partial charge in [0.1, 0.15) is 5.82 Å². The van der Waals surface area contributed by atoms with Crippen LogP contribution >= 0.6 is 0 Å². The molecular weight excluding hydrogens is 198 g/mol. The summed E-state index contributed by atoms with van der Waals surface area (Å²) in [5, 5.41) is 3.13. The number of aromatic nitrogens is 1. The predicted molar refractivity (Wildman–Crippen MR) is 67.6 cm³/mol. The van der Waals surface area contributed by atoms with E-state index in [4.69, 9.17) is 0 Å². The Balaban J connectivity index is 2.14. The van der Waals surface area contributed by atoms with Crippen LogP contribution in [0.25, 0.3) is 0 Å². The maximum absolute atomic E-state index is 4.66. The normalized spacial score (nSPS) is 16.1. The molecular formula is C13H19N3. The molecule has 1 aromatic rings. The quantitative estimate of drug-likeness (QED) is 0.784. The Morgan fingerprint density at radius 2 is 2.31 bits per heavy atom. The van der Waals surface area contributed by atoms with Crippen LogP contribution in [-0.2, 0) is 6.54 Å². The van der Waals surface area contributed by atoms with E-state index in [1.165, 1.54) is 5.57 Å². The van der Waals surface area contributed by atoms with Gasteiger partial charge in [0.25, 0.3) is 0 Å². The van der Waals surface area contributed by atoms with E-state index in [0.29, 0.717) is 0 Å². The molecule has 0 amide bonds. The number of pyridine rings is 1. The topological polar surface area (TPSA) is 28.2 Å². The van der Waals surface area contributed by atoms with Crippen molar-refractivity contribution in [3.8, 4) is 0 Å². The van der Waals surface area contributed by atoms with E-state index in [1.54, 1.807) is 0 Å². The number of nitrogens with zero attached hydrogens (tertiary/aromatic N) is 2. The van der Waals surface area contributed by atoms with Gasteiger partial charge in [0.2, 0.25) is 0 Å². The van der Waals surface area contributed by atoms with E-state index >= 15 is 0 Å². The first-order valence-corrected chi connectivity index (χ1v) is 5.80. The molecule has 16 heavy (non-hydrogen) atoms. The van der Waals surface area contributed by atoms with Crippen LogP contribution in [0.5, 0.6) is 0 Å². The van der Waals surface area contributed by atoms with Gasteiger partial charge < -0.3 is 10.2 Å². The van der Waals surface area contributed by atoms with Crippen molar-refractivity contribution in [2.45, 2.75) is 19.9 Å². The summed E-state index contributed by atoms with van der Waals surface area (Å²) < 4.78 is 0. The molecule has 0 fully saturated rings. The first-order chi connectivity index (χ1) is 7.79. The molecule has 1 aliphatic heterocycles. The molecule has 0 atom stereocenters. The average Bonchev–Trinajstić information content (AvgIpc) is 2.30. The Morgan fingerprint density at radius 1 is 1.44 bits per heavy atom. The van der Waals surface area contributed by atoms with Gasteiger partial charge in [0, 0.05) is 19.6 Å². The summed E-state index contributed by atoms with van der Waals surface area (Å²) in [6.45, 7) is 5.10. The zero-order chi connectivity index (χ0) is 11.4. The van der Waals surface area contributed by atoms with E-state index in [-0.39, 0.29) is 0 Å². The van der Waals surface area contributed by atoms with Crippen LogP contribution in [0.15, 0.2) is 29.8 Å². The lowest BCUT2D eigenvalue weighted by Gasteiger charge is -2.27. The molecule has 1 aromatic heterocycles. The highest BCUT2D eigenvalue weighted by molar-refractivity contribution is 5.42. The third-order valence-corrected chi connectivity index (χ3v) is 2.81. The molecule has 3 nitrogen and oxygen atoms in total. The second-order valence-corrected chi connectivity index (χ2v) is 4.28. The Hall–Kier alpha value is -1.35. The molecule has 1 aliphatic rings. The molecule has 0 saturated carbocycles. The summed E-state index contributed by atoms with van der Waals surface area (Å²) in [6.07, 6.45) is 3.44. The maximum Gasteiger partial charge on any atom is 0.129 e. The van der Waals surface area contributed by atoms with Gasteiger partial charge in [-0.2, -0.15) is 0 Å². The van der Waals surface area contributed by atoms with Crippen molar-refractivity contribution >= 4 is 5.82 Å². The Kier molecular flexibility index (Phi) is 3.57. The van der Waals surface area contributed by atoms with Crippen molar-refractivity contribution in [2.75, 3.05) is 25.0 Å². The lowest BCUT2D eigenvalue weighted by atomic mass is 10.1.